The summed E-state index contributed by atoms with van der Waals surface area (Å²) in [6, 6.07) is 2.33. The molecule has 1 aliphatic heterocycles. The van der Waals surface area contributed by atoms with Crippen molar-refractivity contribution in [3.05, 3.63) is 47.4 Å². The first-order chi connectivity index (χ1) is 16.2. The second-order valence-corrected chi connectivity index (χ2v) is 10.7. The molecule has 2 fully saturated rings. The van der Waals surface area contributed by atoms with Gasteiger partial charge in [-0.3, -0.25) is 9.79 Å². The first-order valence-electron chi connectivity index (χ1n) is 11.0. The molecule has 1 unspecified atom stereocenters. The van der Waals surface area contributed by atoms with E-state index in [1.54, 1.807) is 14.0 Å². The Morgan fingerprint density at radius 2 is 2.09 bits per heavy atom. The third-order valence-electron chi connectivity index (χ3n) is 6.60. The molecule has 0 spiro atoms. The van der Waals surface area contributed by atoms with Crippen LogP contribution in [0, 0.1) is 23.5 Å². The van der Waals surface area contributed by atoms with Crippen LogP contribution >= 0.6 is 11.8 Å². The summed E-state index contributed by atoms with van der Waals surface area (Å²) in [5.41, 5.74) is 5.10. The van der Waals surface area contributed by atoms with Crippen molar-refractivity contribution < 1.29 is 23.0 Å². The quantitative estimate of drug-likeness (QED) is 0.584. The van der Waals surface area contributed by atoms with Crippen molar-refractivity contribution >= 4 is 28.5 Å². The van der Waals surface area contributed by atoms with Crippen molar-refractivity contribution in [3.63, 3.8) is 0 Å². The van der Waals surface area contributed by atoms with E-state index in [2.05, 4.69) is 20.3 Å². The minimum atomic E-state index is -1.10. The Labute approximate surface area is 199 Å². The van der Waals surface area contributed by atoms with Crippen LogP contribution in [0.5, 0.6) is 5.88 Å². The molecule has 0 saturated heterocycles. The number of carbonyl (C=O) groups excluding carboxylic acids is 1. The lowest BCUT2D eigenvalue weighted by Crippen LogP contribution is -2.38. The first-order valence-corrected chi connectivity index (χ1v) is 11.8. The molecule has 1 aromatic carbocycles. The topological polar surface area (TPSA) is 112 Å². The van der Waals surface area contributed by atoms with Crippen molar-refractivity contribution in [1.29, 1.82) is 0 Å². The summed E-state index contributed by atoms with van der Waals surface area (Å²) in [7, 11) is 1.59. The van der Waals surface area contributed by atoms with Gasteiger partial charge in [0.15, 0.2) is 16.8 Å². The largest absolute Gasteiger partial charge is 0.476 e. The number of hydrogen-bond donors (Lipinski definition) is 2. The van der Waals surface area contributed by atoms with E-state index in [1.165, 1.54) is 30.2 Å². The molecular weight excluding hydrogens is 464 g/mol. The molecule has 0 radical (unpaired) electrons. The molecule has 2 heterocycles. The molecule has 2 saturated carbocycles. The van der Waals surface area contributed by atoms with Crippen LogP contribution in [-0.4, -0.2) is 46.1 Å². The maximum atomic E-state index is 15.0. The van der Waals surface area contributed by atoms with Gasteiger partial charge in [0, 0.05) is 30.3 Å². The van der Waals surface area contributed by atoms with E-state index in [0.717, 1.165) is 18.9 Å². The fourth-order valence-corrected chi connectivity index (χ4v) is 6.00. The summed E-state index contributed by atoms with van der Waals surface area (Å²) in [5, 5.41) is 2.87. The third kappa shape index (κ3) is 4.22. The predicted molar refractivity (Wildman–Crippen MR) is 124 cm³/mol. The number of ether oxygens (including phenoxy) is 2. The summed E-state index contributed by atoms with van der Waals surface area (Å²) >= 11 is 1.41. The van der Waals surface area contributed by atoms with Gasteiger partial charge in [0.2, 0.25) is 5.88 Å². The lowest BCUT2D eigenvalue weighted by molar-refractivity contribution is 0.102. The highest BCUT2D eigenvalue weighted by atomic mass is 32.2. The maximum absolute atomic E-state index is 15.0. The molecule has 3 N–H and O–H groups in total. The molecular formula is C23H25F2N5O3S. The zero-order chi connectivity index (χ0) is 24.1. The Morgan fingerprint density at radius 1 is 1.29 bits per heavy atom. The van der Waals surface area contributed by atoms with Crippen LogP contribution in [0.25, 0.3) is 0 Å². The van der Waals surface area contributed by atoms with Crippen molar-refractivity contribution in [2.75, 3.05) is 25.6 Å². The highest BCUT2D eigenvalue weighted by Crippen LogP contribution is 2.66. The van der Waals surface area contributed by atoms with Gasteiger partial charge < -0.3 is 20.5 Å². The number of carbonyl (C=O) groups is 1. The zero-order valence-corrected chi connectivity index (χ0v) is 19.6. The van der Waals surface area contributed by atoms with Crippen molar-refractivity contribution in [3.8, 4) is 5.88 Å². The fourth-order valence-electron chi connectivity index (χ4n) is 4.55. The Morgan fingerprint density at radius 3 is 2.76 bits per heavy atom. The molecule has 2 aliphatic carbocycles. The summed E-state index contributed by atoms with van der Waals surface area (Å²) in [4.78, 5) is 25.4. The number of nitrogens with zero attached hydrogens (tertiary/aromatic N) is 3. The molecule has 34 heavy (non-hydrogen) atoms. The standard InChI is InChI=1S/C23H25F2N5O3S/c1-22(17-7-23(17,11-32-2)34-21(26)30-22)14-5-13(6-15(24)19(14)25)29-20(31)16-8-28-18(9-27-16)33-10-12-3-4-12/h5-6,8-9,12,17H,3-4,7,10-11H2,1-2H3,(H2,26,30)(H,29,31)/t17?,22-,23-/m1/s1. The second-order valence-electron chi connectivity index (χ2n) is 9.22. The van der Waals surface area contributed by atoms with Crippen LogP contribution in [0.3, 0.4) is 0 Å². The molecule has 0 bridgehead atoms. The average molecular weight is 490 g/mol. The molecule has 180 valence electrons. The van der Waals surface area contributed by atoms with E-state index >= 15 is 4.39 Å². The molecule has 1 amide bonds. The second kappa shape index (κ2) is 8.46. The number of aromatic nitrogens is 2. The number of aliphatic imine (C=N–C) groups is 1. The molecule has 5 rings (SSSR count). The van der Waals surface area contributed by atoms with Crippen LogP contribution < -0.4 is 15.8 Å². The fraction of sp³-hybridized carbons (Fsp3) is 0.478. The van der Waals surface area contributed by atoms with Gasteiger partial charge in [-0.1, -0.05) is 11.8 Å². The Bertz CT molecular complexity index is 1160. The average Bonchev–Trinajstić information content (AvgIpc) is 3.71. The minimum absolute atomic E-state index is 0.0221. The lowest BCUT2D eigenvalue weighted by atomic mass is 9.85. The van der Waals surface area contributed by atoms with Gasteiger partial charge in [-0.2, -0.15) is 0 Å². The Balaban J connectivity index is 1.37. The zero-order valence-electron chi connectivity index (χ0n) is 18.8. The summed E-state index contributed by atoms with van der Waals surface area (Å²) in [5.74, 6) is -1.90. The minimum Gasteiger partial charge on any atom is -0.476 e. The lowest BCUT2D eigenvalue weighted by Gasteiger charge is -2.34. The molecule has 2 aromatic rings. The summed E-state index contributed by atoms with van der Waals surface area (Å²) in [6.45, 7) is 2.74. The van der Waals surface area contributed by atoms with Crippen LogP contribution in [0.2, 0.25) is 0 Å². The third-order valence-corrected chi connectivity index (χ3v) is 7.87. The number of anilines is 1. The number of fused-ring (bicyclic) bond motifs is 1. The van der Waals surface area contributed by atoms with Crippen molar-refractivity contribution in [2.24, 2.45) is 22.6 Å². The summed E-state index contributed by atoms with van der Waals surface area (Å²) < 4.78 is 40.2. The molecule has 3 aliphatic rings. The molecule has 8 nitrogen and oxygen atoms in total. The number of benzene rings is 1. The van der Waals surface area contributed by atoms with E-state index in [1.807, 2.05) is 0 Å². The number of rotatable bonds is 8. The Hall–Kier alpha value is -2.79. The maximum Gasteiger partial charge on any atom is 0.275 e. The van der Waals surface area contributed by atoms with Crippen molar-refractivity contribution in [1.82, 2.24) is 9.97 Å². The number of amidine groups is 1. The van der Waals surface area contributed by atoms with Gasteiger partial charge in [-0.15, -0.1) is 0 Å². The van der Waals surface area contributed by atoms with E-state index in [4.69, 9.17) is 15.2 Å². The smallest absolute Gasteiger partial charge is 0.275 e. The number of amides is 1. The van der Waals surface area contributed by atoms with Crippen molar-refractivity contribution in [2.45, 2.75) is 36.5 Å². The van der Waals surface area contributed by atoms with Crippen LogP contribution in [0.1, 0.15) is 42.2 Å². The number of nitrogens with two attached hydrogens (primary N) is 1. The van der Waals surface area contributed by atoms with E-state index in [9.17, 15) is 9.18 Å². The van der Waals surface area contributed by atoms with Gasteiger partial charge in [0.25, 0.3) is 5.91 Å². The van der Waals surface area contributed by atoms with Crippen LogP contribution in [-0.2, 0) is 10.3 Å². The number of nitrogens with one attached hydrogen (secondary N) is 1. The predicted octanol–water partition coefficient (Wildman–Crippen LogP) is 3.48. The molecule has 3 atom stereocenters. The first kappa shape index (κ1) is 23.0. The van der Waals surface area contributed by atoms with E-state index in [-0.39, 0.29) is 27.6 Å². The van der Waals surface area contributed by atoms with E-state index in [0.29, 0.717) is 36.6 Å². The number of methoxy groups -OCH3 is 1. The van der Waals surface area contributed by atoms with Crippen LogP contribution in [0.4, 0.5) is 14.5 Å². The van der Waals surface area contributed by atoms with Gasteiger partial charge in [-0.25, -0.2) is 18.7 Å². The normalized spacial score (nSPS) is 27.5. The SMILES string of the molecule is COC[C@]12CC1[C@@](C)(c1cc(NC(=O)c3cnc(OCC4CC4)cn3)cc(F)c1F)N=C(N)S2. The van der Waals surface area contributed by atoms with E-state index < -0.39 is 23.1 Å². The number of halogens is 2. The van der Waals surface area contributed by atoms with Gasteiger partial charge in [0.05, 0.1) is 35.9 Å². The Kier molecular flexibility index (Phi) is 5.71. The highest BCUT2D eigenvalue weighted by molar-refractivity contribution is 8.15. The van der Waals surface area contributed by atoms with Gasteiger partial charge in [-0.05, 0) is 38.2 Å². The van der Waals surface area contributed by atoms with Gasteiger partial charge in [0.1, 0.15) is 5.69 Å². The highest BCUT2D eigenvalue weighted by Gasteiger charge is 2.66. The van der Waals surface area contributed by atoms with Gasteiger partial charge >= 0.3 is 0 Å². The van der Waals surface area contributed by atoms with Crippen LogP contribution in [0.15, 0.2) is 29.5 Å². The monoisotopic (exact) mass is 489 g/mol. The molecule has 1 aromatic heterocycles. The number of hydrogen-bond acceptors (Lipinski definition) is 8. The summed E-state index contributed by atoms with van der Waals surface area (Å²) in [6.07, 6.45) is 5.65. The molecule has 11 heteroatoms. The number of thioether (sulfide) groups is 1.